The molecule has 0 radical (unpaired) electrons. The summed E-state index contributed by atoms with van der Waals surface area (Å²) in [4.78, 5) is 16.8. The van der Waals surface area contributed by atoms with E-state index in [0.717, 1.165) is 30.6 Å². The Morgan fingerprint density at radius 2 is 1.91 bits per heavy atom. The summed E-state index contributed by atoms with van der Waals surface area (Å²) in [5.74, 6) is -0.201. The lowest BCUT2D eigenvalue weighted by Gasteiger charge is -2.29. The van der Waals surface area contributed by atoms with E-state index >= 15 is 0 Å². The molecule has 3 nitrogen and oxygen atoms in total. The van der Waals surface area contributed by atoms with Crippen molar-refractivity contribution in [1.82, 2.24) is 4.90 Å². The highest BCUT2D eigenvalue weighted by Gasteiger charge is 2.49. The van der Waals surface area contributed by atoms with Crippen LogP contribution >= 0.6 is 11.6 Å². The third kappa shape index (κ3) is 2.42. The first-order valence-corrected chi connectivity index (χ1v) is 8.13. The number of hydrogen-bond acceptors (Lipinski definition) is 2. The van der Waals surface area contributed by atoms with Gasteiger partial charge in [0, 0.05) is 17.3 Å². The van der Waals surface area contributed by atoms with Gasteiger partial charge in [-0.1, -0.05) is 23.7 Å². The van der Waals surface area contributed by atoms with E-state index < -0.39 is 0 Å². The first-order chi connectivity index (χ1) is 11.1. The maximum absolute atomic E-state index is 13.7. The van der Waals surface area contributed by atoms with E-state index in [0.29, 0.717) is 5.02 Å². The topological polar surface area (TPSA) is 23.6 Å². The molecule has 4 rings (SSSR count). The van der Waals surface area contributed by atoms with Crippen LogP contribution in [-0.2, 0) is 4.79 Å². The molecule has 23 heavy (non-hydrogen) atoms. The van der Waals surface area contributed by atoms with Gasteiger partial charge in [-0.05, 0) is 54.8 Å². The third-order valence-electron chi connectivity index (χ3n) is 4.63. The van der Waals surface area contributed by atoms with Gasteiger partial charge in [0.15, 0.2) is 0 Å². The summed E-state index contributed by atoms with van der Waals surface area (Å²) < 4.78 is 13.7. The first-order valence-electron chi connectivity index (χ1n) is 7.75. The third-order valence-corrected chi connectivity index (χ3v) is 4.88. The number of anilines is 1. The Hall–Kier alpha value is -1.91. The van der Waals surface area contributed by atoms with Crippen molar-refractivity contribution < 1.29 is 9.18 Å². The Labute approximate surface area is 139 Å². The molecule has 2 aliphatic heterocycles. The lowest BCUT2D eigenvalue weighted by molar-refractivity contribution is -0.119. The highest BCUT2D eigenvalue weighted by atomic mass is 35.5. The SMILES string of the molecule is O=C1[C@@H]2CCCN2[C@@H](c2cccc(F)c2)N1c1ccc(Cl)cc1. The maximum atomic E-state index is 13.7. The minimum Gasteiger partial charge on any atom is -0.291 e. The lowest BCUT2D eigenvalue weighted by Crippen LogP contribution is -2.32. The fourth-order valence-electron chi connectivity index (χ4n) is 3.65. The van der Waals surface area contributed by atoms with Crippen molar-refractivity contribution in [3.63, 3.8) is 0 Å². The molecule has 0 unspecified atom stereocenters. The summed E-state index contributed by atoms with van der Waals surface area (Å²) in [6, 6.07) is 13.6. The number of nitrogens with zero attached hydrogens (tertiary/aromatic N) is 2. The molecule has 2 aromatic carbocycles. The zero-order valence-corrected chi connectivity index (χ0v) is 13.2. The van der Waals surface area contributed by atoms with Gasteiger partial charge in [-0.2, -0.15) is 0 Å². The number of rotatable bonds is 2. The Kier molecular flexibility index (Phi) is 3.58. The number of hydrogen-bond donors (Lipinski definition) is 0. The minimum atomic E-state index is -0.284. The van der Waals surface area contributed by atoms with Gasteiger partial charge in [0.25, 0.3) is 0 Å². The molecule has 2 atom stereocenters. The van der Waals surface area contributed by atoms with Crippen molar-refractivity contribution in [2.75, 3.05) is 11.4 Å². The standard InChI is InChI=1S/C18H16ClFN2O/c19-13-6-8-15(9-7-13)22-17(12-3-1-4-14(20)11-12)21-10-2-5-16(21)18(22)23/h1,3-4,6-9,11,16-17H,2,5,10H2/t16-,17+/m0/s1. The van der Waals surface area contributed by atoms with Gasteiger partial charge < -0.3 is 0 Å². The summed E-state index contributed by atoms with van der Waals surface area (Å²) in [5, 5.41) is 0.628. The molecule has 0 saturated carbocycles. The Morgan fingerprint density at radius 1 is 1.13 bits per heavy atom. The van der Waals surface area contributed by atoms with Gasteiger partial charge in [0.05, 0.1) is 6.04 Å². The maximum Gasteiger partial charge on any atom is 0.246 e. The van der Waals surface area contributed by atoms with Crippen LogP contribution in [-0.4, -0.2) is 23.4 Å². The van der Waals surface area contributed by atoms with E-state index in [2.05, 4.69) is 4.90 Å². The van der Waals surface area contributed by atoms with Gasteiger partial charge in [0.2, 0.25) is 5.91 Å². The zero-order valence-electron chi connectivity index (χ0n) is 12.5. The van der Waals surface area contributed by atoms with Crippen molar-refractivity contribution in [3.05, 3.63) is 64.9 Å². The molecule has 0 aromatic heterocycles. The molecule has 2 heterocycles. The average molecular weight is 331 g/mol. The molecule has 0 bridgehead atoms. The molecule has 2 aromatic rings. The van der Waals surface area contributed by atoms with Crippen LogP contribution in [0.2, 0.25) is 5.02 Å². The minimum absolute atomic E-state index is 0.0825. The van der Waals surface area contributed by atoms with Crippen molar-refractivity contribution in [3.8, 4) is 0 Å². The second-order valence-corrected chi connectivity index (χ2v) is 6.45. The molecule has 5 heteroatoms. The van der Waals surface area contributed by atoms with Gasteiger partial charge in [0.1, 0.15) is 12.0 Å². The predicted molar refractivity (Wildman–Crippen MR) is 87.8 cm³/mol. The number of amides is 1. The quantitative estimate of drug-likeness (QED) is 0.831. The second kappa shape index (κ2) is 5.62. The van der Waals surface area contributed by atoms with Gasteiger partial charge in [-0.3, -0.25) is 14.6 Å². The van der Waals surface area contributed by atoms with E-state index in [-0.39, 0.29) is 23.9 Å². The van der Waals surface area contributed by atoms with Gasteiger partial charge in [-0.15, -0.1) is 0 Å². The lowest BCUT2D eigenvalue weighted by atomic mass is 10.1. The van der Waals surface area contributed by atoms with Crippen molar-refractivity contribution in [1.29, 1.82) is 0 Å². The smallest absolute Gasteiger partial charge is 0.246 e. The monoisotopic (exact) mass is 330 g/mol. The number of carbonyl (C=O) groups is 1. The summed E-state index contributed by atoms with van der Waals surface area (Å²) in [5.41, 5.74) is 1.60. The number of halogens is 2. The van der Waals surface area contributed by atoms with Crippen LogP contribution in [0.25, 0.3) is 0 Å². The summed E-state index contributed by atoms with van der Waals surface area (Å²) in [7, 11) is 0. The first kappa shape index (κ1) is 14.7. The fourth-order valence-corrected chi connectivity index (χ4v) is 3.78. The van der Waals surface area contributed by atoms with Crippen LogP contribution in [0.1, 0.15) is 24.6 Å². The van der Waals surface area contributed by atoms with E-state index in [4.69, 9.17) is 11.6 Å². The van der Waals surface area contributed by atoms with Crippen molar-refractivity contribution >= 4 is 23.2 Å². The van der Waals surface area contributed by atoms with Crippen LogP contribution < -0.4 is 4.90 Å². The molecule has 0 aliphatic carbocycles. The zero-order chi connectivity index (χ0) is 16.0. The summed E-state index contributed by atoms with van der Waals surface area (Å²) >= 11 is 5.96. The molecule has 0 N–H and O–H groups in total. The number of fused-ring (bicyclic) bond motifs is 1. The molecule has 2 saturated heterocycles. The Morgan fingerprint density at radius 3 is 2.65 bits per heavy atom. The molecule has 118 valence electrons. The number of carbonyl (C=O) groups excluding carboxylic acids is 1. The summed E-state index contributed by atoms with van der Waals surface area (Å²) in [6.45, 7) is 0.849. The fraction of sp³-hybridized carbons (Fsp3) is 0.278. The van der Waals surface area contributed by atoms with E-state index in [9.17, 15) is 9.18 Å². The highest BCUT2D eigenvalue weighted by molar-refractivity contribution is 6.30. The summed E-state index contributed by atoms with van der Waals surface area (Å²) in [6.07, 6.45) is 1.60. The normalized spacial score (nSPS) is 24.3. The highest BCUT2D eigenvalue weighted by Crippen LogP contribution is 2.42. The van der Waals surface area contributed by atoms with Crippen molar-refractivity contribution in [2.24, 2.45) is 0 Å². The van der Waals surface area contributed by atoms with E-state index in [1.165, 1.54) is 12.1 Å². The van der Waals surface area contributed by atoms with Gasteiger partial charge in [-0.25, -0.2) is 4.39 Å². The van der Waals surface area contributed by atoms with Crippen LogP contribution in [0.5, 0.6) is 0 Å². The molecule has 2 aliphatic rings. The number of benzene rings is 2. The largest absolute Gasteiger partial charge is 0.291 e. The molecule has 1 amide bonds. The molecular formula is C18H16ClFN2O. The Balaban J connectivity index is 1.81. The van der Waals surface area contributed by atoms with Crippen LogP contribution in [0, 0.1) is 5.82 Å². The van der Waals surface area contributed by atoms with E-state index in [1.54, 1.807) is 23.1 Å². The van der Waals surface area contributed by atoms with Crippen LogP contribution in [0.3, 0.4) is 0 Å². The van der Waals surface area contributed by atoms with E-state index in [1.807, 2.05) is 18.2 Å². The molecule has 0 spiro atoms. The van der Waals surface area contributed by atoms with Crippen LogP contribution in [0.15, 0.2) is 48.5 Å². The van der Waals surface area contributed by atoms with Crippen molar-refractivity contribution in [2.45, 2.75) is 25.0 Å². The second-order valence-electron chi connectivity index (χ2n) is 6.01. The molecule has 2 fully saturated rings. The van der Waals surface area contributed by atoms with Gasteiger partial charge >= 0.3 is 0 Å². The average Bonchev–Trinajstić information content (AvgIpc) is 3.11. The predicted octanol–water partition coefficient (Wildman–Crippen LogP) is 3.99. The molecular weight excluding hydrogens is 315 g/mol. The van der Waals surface area contributed by atoms with Crippen LogP contribution in [0.4, 0.5) is 10.1 Å². The Bertz CT molecular complexity index is 749.